The van der Waals surface area contributed by atoms with E-state index >= 15 is 0 Å². The Morgan fingerprint density at radius 3 is 2.26 bits per heavy atom. The number of hydrogen-bond donors (Lipinski definition) is 0. The fourth-order valence-corrected chi connectivity index (χ4v) is 5.60. The van der Waals surface area contributed by atoms with Crippen molar-refractivity contribution in [2.24, 2.45) is 0 Å². The number of hydrogen-bond acceptors (Lipinski definition) is 2. The van der Waals surface area contributed by atoms with Crippen LogP contribution in [0.2, 0.25) is 0 Å². The Morgan fingerprint density at radius 2 is 1.54 bits per heavy atom. The maximum absolute atomic E-state index is 4.22. The van der Waals surface area contributed by atoms with E-state index in [1.165, 1.54) is 26.4 Å². The first-order valence-electron chi connectivity index (χ1n) is 12.7. The summed E-state index contributed by atoms with van der Waals surface area (Å²) in [5.41, 5.74) is 8.07. The Kier molecular flexibility index (Phi) is 7.86. The summed E-state index contributed by atoms with van der Waals surface area (Å²) in [6.07, 6.45) is 5.34. The van der Waals surface area contributed by atoms with Crippen LogP contribution in [-0.2, 0) is 25.5 Å². The van der Waals surface area contributed by atoms with Crippen LogP contribution >= 0.6 is 11.8 Å². The maximum Gasteiger partial charge on any atom is 3.00 e. The molecular formula is C34H27IrN3S+. The fourth-order valence-electron chi connectivity index (χ4n) is 4.53. The smallest absolute Gasteiger partial charge is 0.313 e. The summed E-state index contributed by atoms with van der Waals surface area (Å²) in [6.45, 7) is 6.73. The molecule has 0 aliphatic carbocycles. The first-order chi connectivity index (χ1) is 18.5. The largest absolute Gasteiger partial charge is 3.00 e. The van der Waals surface area contributed by atoms with E-state index in [-0.39, 0.29) is 25.5 Å². The minimum atomic E-state index is 0. The Hall–Kier alpha value is -3.50. The normalized spacial score (nSPS) is 11.7. The van der Waals surface area contributed by atoms with Crippen molar-refractivity contribution in [3.63, 3.8) is 0 Å². The summed E-state index contributed by atoms with van der Waals surface area (Å²) >= 11 is 1.80. The molecule has 0 radical (unpaired) electrons. The van der Waals surface area contributed by atoms with Crippen LogP contribution in [0.4, 0.5) is 0 Å². The van der Waals surface area contributed by atoms with Crippen molar-refractivity contribution in [2.45, 2.75) is 36.0 Å². The molecule has 0 amide bonds. The predicted octanol–water partition coefficient (Wildman–Crippen LogP) is 7.82. The summed E-state index contributed by atoms with van der Waals surface area (Å²) < 4.78 is 4.30. The first-order valence-corrected chi connectivity index (χ1v) is 13.5. The van der Waals surface area contributed by atoms with E-state index in [0.29, 0.717) is 0 Å². The predicted molar refractivity (Wildman–Crippen MR) is 154 cm³/mol. The van der Waals surface area contributed by atoms with Gasteiger partial charge in [0.25, 0.3) is 6.33 Å². The number of benzene rings is 4. The van der Waals surface area contributed by atoms with E-state index < -0.39 is 0 Å². The molecule has 0 saturated carbocycles. The van der Waals surface area contributed by atoms with Crippen LogP contribution in [0.5, 0.6) is 0 Å². The number of aromatic nitrogens is 3. The van der Waals surface area contributed by atoms with Crippen molar-refractivity contribution in [1.82, 2.24) is 9.55 Å². The quantitative estimate of drug-likeness (QED) is 0.136. The number of pyridine rings is 1. The SMILES string of the molecule is CC(C)(C)c1ccc(-n2[c-][n+]3c4c(cccc42)Sc2ccc[c-]c2-3)cc1.[Ir+3].[c-]1ccccc1-c1ccccn1. The van der Waals surface area contributed by atoms with E-state index in [9.17, 15) is 0 Å². The average Bonchev–Trinajstić information content (AvgIpc) is 3.35. The van der Waals surface area contributed by atoms with Gasteiger partial charge < -0.3 is 9.55 Å². The van der Waals surface area contributed by atoms with Crippen LogP contribution in [0, 0.1) is 18.5 Å². The van der Waals surface area contributed by atoms with Crippen LogP contribution in [0.1, 0.15) is 26.3 Å². The molecular weight excluding hydrogens is 675 g/mol. The van der Waals surface area contributed by atoms with Crippen LogP contribution in [0.3, 0.4) is 0 Å². The maximum atomic E-state index is 4.22. The van der Waals surface area contributed by atoms with Gasteiger partial charge in [-0.1, -0.05) is 68.1 Å². The molecule has 5 heteroatoms. The van der Waals surface area contributed by atoms with E-state index in [4.69, 9.17) is 0 Å². The van der Waals surface area contributed by atoms with Crippen molar-refractivity contribution >= 4 is 22.8 Å². The number of para-hydroxylation sites is 2. The van der Waals surface area contributed by atoms with Crippen LogP contribution < -0.4 is 4.57 Å². The molecule has 1 aliphatic heterocycles. The van der Waals surface area contributed by atoms with Crippen LogP contribution in [-0.4, -0.2) is 9.55 Å². The van der Waals surface area contributed by atoms with Crippen LogP contribution in [0.15, 0.2) is 119 Å². The van der Waals surface area contributed by atoms with Gasteiger partial charge in [0.15, 0.2) is 0 Å². The molecule has 7 rings (SSSR count). The van der Waals surface area contributed by atoms with E-state index in [2.05, 4.69) is 102 Å². The van der Waals surface area contributed by atoms with Gasteiger partial charge in [0.2, 0.25) is 0 Å². The third kappa shape index (κ3) is 5.49. The van der Waals surface area contributed by atoms with Crippen molar-refractivity contribution in [2.75, 3.05) is 0 Å². The number of imidazole rings is 1. The Morgan fingerprint density at radius 1 is 0.769 bits per heavy atom. The molecule has 3 heterocycles. The van der Waals surface area contributed by atoms with Crippen molar-refractivity contribution < 1.29 is 24.7 Å². The molecule has 192 valence electrons. The van der Waals surface area contributed by atoms with E-state index in [0.717, 1.165) is 22.6 Å². The zero-order chi connectivity index (χ0) is 26.1. The van der Waals surface area contributed by atoms with Gasteiger partial charge in [-0.3, -0.25) is 4.57 Å². The minimum Gasteiger partial charge on any atom is -0.313 e. The second-order valence-corrected chi connectivity index (χ2v) is 11.3. The van der Waals surface area contributed by atoms with Gasteiger partial charge in [-0.15, -0.1) is 35.9 Å². The third-order valence-corrected chi connectivity index (χ3v) is 7.62. The Bertz CT molecular complexity index is 1670. The second kappa shape index (κ2) is 11.3. The van der Waals surface area contributed by atoms with Gasteiger partial charge in [-0.05, 0) is 40.6 Å². The van der Waals surface area contributed by atoms with Crippen molar-refractivity contribution in [3.8, 4) is 22.6 Å². The number of rotatable bonds is 2. The molecule has 39 heavy (non-hydrogen) atoms. The summed E-state index contributed by atoms with van der Waals surface area (Å²) in [6, 6.07) is 41.6. The molecule has 0 spiro atoms. The molecule has 2 aromatic heterocycles. The van der Waals surface area contributed by atoms with Crippen molar-refractivity contribution in [1.29, 1.82) is 0 Å². The van der Waals surface area contributed by atoms with Gasteiger partial charge in [0.1, 0.15) is 0 Å². The van der Waals surface area contributed by atoms with Gasteiger partial charge in [-0.25, -0.2) is 0 Å². The van der Waals surface area contributed by atoms with Gasteiger partial charge in [0, 0.05) is 11.1 Å². The summed E-state index contributed by atoms with van der Waals surface area (Å²) in [4.78, 5) is 6.70. The molecule has 0 unspecified atom stereocenters. The molecule has 6 aromatic rings. The number of fused-ring (bicyclic) bond motifs is 2. The fraction of sp³-hybridized carbons (Fsp3) is 0.118. The summed E-state index contributed by atoms with van der Waals surface area (Å²) in [5.74, 6) is 0. The topological polar surface area (TPSA) is 21.7 Å². The zero-order valence-corrected chi connectivity index (χ0v) is 25.2. The molecule has 1 aliphatic rings. The third-order valence-electron chi connectivity index (χ3n) is 6.52. The molecule has 4 aromatic carbocycles. The molecule has 0 atom stereocenters. The molecule has 3 nitrogen and oxygen atoms in total. The summed E-state index contributed by atoms with van der Waals surface area (Å²) in [5, 5.41) is 0. The standard InChI is InChI=1S/C23H19N2S.C11H8N.Ir/c1-23(2,3)16-11-13-17(14-12-16)24-15-25-18-7-4-5-9-20(18)26-21-10-6-8-19(24)22(21)25;1-2-6-10(7-3-1)11-8-4-5-9-12-11;/h4-6,8-14H,1-3H3;1-6,8-9H;/q2*-1;+3. The molecule has 0 fully saturated rings. The van der Waals surface area contributed by atoms with E-state index in [1.807, 2.05) is 54.6 Å². The molecule has 0 saturated heterocycles. The van der Waals surface area contributed by atoms with Gasteiger partial charge >= 0.3 is 20.1 Å². The monoisotopic (exact) mass is 702 g/mol. The van der Waals surface area contributed by atoms with Crippen molar-refractivity contribution in [3.05, 3.63) is 133 Å². The van der Waals surface area contributed by atoms with Gasteiger partial charge in [0.05, 0.1) is 16.7 Å². The molecule has 0 N–H and O–H groups in total. The Balaban J connectivity index is 0.000000200. The first kappa shape index (κ1) is 27.1. The minimum absolute atomic E-state index is 0. The second-order valence-electron chi connectivity index (χ2n) is 10.2. The summed E-state index contributed by atoms with van der Waals surface area (Å²) in [7, 11) is 0. The zero-order valence-electron chi connectivity index (χ0n) is 22.0. The van der Waals surface area contributed by atoms with Gasteiger partial charge in [-0.2, -0.15) is 36.0 Å². The average molecular weight is 702 g/mol. The van der Waals surface area contributed by atoms with Crippen LogP contribution in [0.25, 0.3) is 33.7 Å². The molecule has 0 bridgehead atoms. The number of nitrogens with zero attached hydrogens (tertiary/aromatic N) is 3. The van der Waals surface area contributed by atoms with E-state index in [1.54, 1.807) is 18.0 Å². The Labute approximate surface area is 247 Å².